The minimum atomic E-state index is -1.43. The van der Waals surface area contributed by atoms with E-state index >= 15 is 0 Å². The summed E-state index contributed by atoms with van der Waals surface area (Å²) in [6.07, 6.45) is 0. The number of hydrazone groups is 1. The number of nitro groups is 1. The van der Waals surface area contributed by atoms with Crippen LogP contribution in [0, 0.1) is 20.9 Å². The maximum Gasteiger partial charge on any atom is 0.355 e. The molecule has 3 rings (SSSR count). The Hall–Kier alpha value is -3.70. The van der Waals surface area contributed by atoms with Crippen molar-refractivity contribution in [3.05, 3.63) is 39.3 Å². The van der Waals surface area contributed by atoms with Crippen molar-refractivity contribution >= 4 is 34.9 Å². The normalized spacial score (nSPS) is 21.5. The van der Waals surface area contributed by atoms with E-state index in [1.165, 1.54) is 25.1 Å². The molecule has 12 nitrogen and oxygen atoms in total. The number of anilines is 1. The van der Waals surface area contributed by atoms with Gasteiger partial charge in [-0.3, -0.25) is 19.7 Å². The average Bonchev–Trinajstić information content (AvgIpc) is 3.12. The first-order chi connectivity index (χ1) is 12.4. The number of non-ortho nitro benzene ring substituents is 1. The molecule has 0 radical (unpaired) electrons. The topological polar surface area (TPSA) is 152 Å². The van der Waals surface area contributed by atoms with Crippen molar-refractivity contribution in [1.29, 1.82) is 0 Å². The van der Waals surface area contributed by atoms with E-state index in [2.05, 4.69) is 10.4 Å². The third-order valence-corrected chi connectivity index (χ3v) is 3.90. The van der Waals surface area contributed by atoms with Crippen molar-refractivity contribution in [1.82, 2.24) is 5.12 Å². The van der Waals surface area contributed by atoms with Crippen LogP contribution in [0.25, 0.3) is 0 Å². The monoisotopic (exact) mass is 361 g/mol. The number of fused-ring (bicyclic) bond motifs is 1. The third kappa shape index (κ3) is 2.47. The van der Waals surface area contributed by atoms with Crippen molar-refractivity contribution in [3.8, 4) is 0 Å². The van der Waals surface area contributed by atoms with E-state index < -0.39 is 40.4 Å². The summed E-state index contributed by atoms with van der Waals surface area (Å²) in [6, 6.07) is 3.43. The van der Waals surface area contributed by atoms with Crippen LogP contribution in [-0.4, -0.2) is 46.2 Å². The summed E-state index contributed by atoms with van der Waals surface area (Å²) in [5.74, 6) is -4.05. The fraction of sp³-hybridized carbons (Fsp3) is 0.286. The second kappa shape index (κ2) is 6.31. The highest BCUT2D eigenvalue weighted by Gasteiger charge is 2.59. The Kier molecular flexibility index (Phi) is 4.16. The van der Waals surface area contributed by atoms with Gasteiger partial charge in [-0.2, -0.15) is 0 Å². The molecule has 0 aromatic heterocycles. The van der Waals surface area contributed by atoms with Crippen LogP contribution in [0.4, 0.5) is 11.4 Å². The van der Waals surface area contributed by atoms with Gasteiger partial charge < -0.3 is 4.74 Å². The quantitative estimate of drug-likeness (QED) is 0.240. The average molecular weight is 361 g/mol. The van der Waals surface area contributed by atoms with E-state index in [0.29, 0.717) is 10.0 Å². The Balaban J connectivity index is 2.02. The molecule has 26 heavy (non-hydrogen) atoms. The van der Waals surface area contributed by atoms with E-state index in [4.69, 9.17) is 4.74 Å². The largest absolute Gasteiger partial charge is 0.461 e. The minimum Gasteiger partial charge on any atom is -0.461 e. The van der Waals surface area contributed by atoms with Crippen LogP contribution < -0.4 is 4.90 Å². The molecular weight excluding hydrogens is 350 g/mol. The minimum absolute atomic E-state index is 0.000485. The van der Waals surface area contributed by atoms with Gasteiger partial charge >= 0.3 is 5.97 Å². The molecule has 2 unspecified atom stereocenters. The van der Waals surface area contributed by atoms with Gasteiger partial charge in [-0.15, -0.1) is 15.1 Å². The molecule has 2 aliphatic rings. The number of nitro benzene ring substituents is 1. The first kappa shape index (κ1) is 17.1. The van der Waals surface area contributed by atoms with Crippen LogP contribution in [-0.2, 0) is 19.1 Å². The van der Waals surface area contributed by atoms with Gasteiger partial charge in [-0.05, 0) is 13.0 Å². The van der Waals surface area contributed by atoms with Crippen LogP contribution in [0.1, 0.15) is 6.92 Å². The number of nitroso groups, excluding NO2 is 1. The zero-order valence-electron chi connectivity index (χ0n) is 13.3. The first-order valence-electron chi connectivity index (χ1n) is 7.41. The number of imide groups is 1. The Morgan fingerprint density at radius 1 is 1.38 bits per heavy atom. The summed E-state index contributed by atoms with van der Waals surface area (Å²) in [5.41, 5.74) is -0.801. The van der Waals surface area contributed by atoms with E-state index in [1.54, 1.807) is 0 Å². The van der Waals surface area contributed by atoms with E-state index in [-0.39, 0.29) is 18.0 Å². The molecule has 1 aromatic carbocycles. The second-order valence-electron chi connectivity index (χ2n) is 5.32. The third-order valence-electron chi connectivity index (χ3n) is 3.90. The standard InChI is InChI=1S/C14H11N5O7/c1-2-26-14(22)10-9-11(18(15-10)16-23)13(21)17(12(9)20)7-4-3-5-8(6-7)19(24)25/h3-6,9,11H,2H2,1H3. The Bertz CT molecular complexity index is 867. The van der Waals surface area contributed by atoms with Gasteiger partial charge in [0, 0.05) is 12.1 Å². The molecule has 2 atom stereocenters. The number of hydrogen-bond acceptors (Lipinski definition) is 9. The molecular formula is C14H11N5O7. The number of benzene rings is 1. The summed E-state index contributed by atoms with van der Waals surface area (Å²) < 4.78 is 4.79. The highest BCUT2D eigenvalue weighted by molar-refractivity contribution is 6.46. The summed E-state index contributed by atoms with van der Waals surface area (Å²) >= 11 is 0. The molecule has 0 spiro atoms. The van der Waals surface area contributed by atoms with Crippen molar-refractivity contribution in [2.75, 3.05) is 11.5 Å². The molecule has 0 aliphatic carbocycles. The van der Waals surface area contributed by atoms with Gasteiger partial charge in [0.1, 0.15) is 5.92 Å². The van der Waals surface area contributed by atoms with Crippen LogP contribution >= 0.6 is 0 Å². The number of amides is 2. The summed E-state index contributed by atoms with van der Waals surface area (Å²) in [7, 11) is 0. The lowest BCUT2D eigenvalue weighted by Crippen LogP contribution is -2.36. The molecule has 2 aliphatic heterocycles. The molecule has 12 heteroatoms. The number of carbonyl (C=O) groups is 3. The van der Waals surface area contributed by atoms with Gasteiger partial charge in [0.15, 0.2) is 11.8 Å². The SMILES string of the molecule is CCOC(=O)C1=NN(N=O)C2C(=O)N(c3cccc([N+](=O)[O-])c3)C(=O)C12. The van der Waals surface area contributed by atoms with Gasteiger partial charge in [-0.1, -0.05) is 6.07 Å². The van der Waals surface area contributed by atoms with Crippen molar-refractivity contribution in [2.24, 2.45) is 16.3 Å². The maximum atomic E-state index is 12.7. The second-order valence-corrected chi connectivity index (χ2v) is 5.32. The zero-order valence-corrected chi connectivity index (χ0v) is 13.3. The Morgan fingerprint density at radius 2 is 2.12 bits per heavy atom. The summed E-state index contributed by atoms with van der Waals surface area (Å²) in [6.45, 7) is 1.54. The molecule has 2 heterocycles. The van der Waals surface area contributed by atoms with E-state index in [0.717, 1.165) is 6.07 Å². The number of esters is 1. The number of hydrogen-bond donors (Lipinski definition) is 0. The van der Waals surface area contributed by atoms with Crippen LogP contribution in [0.3, 0.4) is 0 Å². The van der Waals surface area contributed by atoms with Crippen molar-refractivity contribution in [2.45, 2.75) is 13.0 Å². The predicted octanol–water partition coefficient (Wildman–Crippen LogP) is 0.369. The molecule has 1 saturated heterocycles. The molecule has 1 aromatic rings. The fourth-order valence-electron chi connectivity index (χ4n) is 2.83. The van der Waals surface area contributed by atoms with Crippen LogP contribution in [0.5, 0.6) is 0 Å². The van der Waals surface area contributed by atoms with Crippen LogP contribution in [0.15, 0.2) is 34.7 Å². The number of ether oxygens (including phenoxy) is 1. The number of nitrogens with zero attached hydrogens (tertiary/aromatic N) is 5. The Labute approximate surface area is 145 Å². The highest BCUT2D eigenvalue weighted by Crippen LogP contribution is 2.36. The highest BCUT2D eigenvalue weighted by atomic mass is 16.6. The maximum absolute atomic E-state index is 12.7. The molecule has 0 bridgehead atoms. The lowest BCUT2D eigenvalue weighted by atomic mass is 9.98. The zero-order chi connectivity index (χ0) is 19.0. The van der Waals surface area contributed by atoms with Crippen molar-refractivity contribution in [3.63, 3.8) is 0 Å². The first-order valence-corrected chi connectivity index (χ1v) is 7.41. The van der Waals surface area contributed by atoms with Gasteiger partial charge in [0.25, 0.3) is 11.6 Å². The summed E-state index contributed by atoms with van der Waals surface area (Å²) in [5, 5.41) is 17.5. The molecule has 2 amide bonds. The fourth-order valence-corrected chi connectivity index (χ4v) is 2.83. The predicted molar refractivity (Wildman–Crippen MR) is 84.6 cm³/mol. The Morgan fingerprint density at radius 3 is 2.73 bits per heavy atom. The smallest absolute Gasteiger partial charge is 0.355 e. The lowest BCUT2D eigenvalue weighted by molar-refractivity contribution is -0.384. The molecule has 1 fully saturated rings. The molecule has 0 N–H and O–H groups in total. The van der Waals surface area contributed by atoms with E-state index in [9.17, 15) is 29.4 Å². The van der Waals surface area contributed by atoms with E-state index in [1.807, 2.05) is 0 Å². The lowest BCUT2D eigenvalue weighted by Gasteiger charge is -2.16. The molecule has 0 saturated carbocycles. The van der Waals surface area contributed by atoms with Gasteiger partial charge in [-0.25, -0.2) is 9.69 Å². The van der Waals surface area contributed by atoms with Crippen LogP contribution in [0.2, 0.25) is 0 Å². The van der Waals surface area contributed by atoms with Gasteiger partial charge in [0.05, 0.1) is 22.5 Å². The number of carbonyl (C=O) groups excluding carboxylic acids is 3. The van der Waals surface area contributed by atoms with Gasteiger partial charge in [0.2, 0.25) is 5.91 Å². The van der Waals surface area contributed by atoms with Crippen molar-refractivity contribution < 1.29 is 24.0 Å². The summed E-state index contributed by atoms with van der Waals surface area (Å²) in [4.78, 5) is 59.2. The molecule has 134 valence electrons. The number of rotatable bonds is 5.